The van der Waals surface area contributed by atoms with Crippen LogP contribution in [0, 0.1) is 0 Å². The quantitative estimate of drug-likeness (QED) is 0.738. The molecule has 0 fully saturated rings. The van der Waals surface area contributed by atoms with Crippen LogP contribution in [-0.2, 0) is 0 Å². The zero-order valence-electron chi connectivity index (χ0n) is 10.3. The molecule has 96 valence electrons. The molecule has 3 rings (SSSR count). The van der Waals surface area contributed by atoms with Crippen molar-refractivity contribution in [2.75, 3.05) is 12.8 Å². The van der Waals surface area contributed by atoms with Crippen LogP contribution in [0.3, 0.4) is 0 Å². The van der Waals surface area contributed by atoms with Crippen molar-refractivity contribution in [2.45, 2.75) is 10.1 Å². The number of nitrogens with zero attached hydrogens (tertiary/aromatic N) is 1. The Bertz CT molecular complexity index is 707. The van der Waals surface area contributed by atoms with Crippen molar-refractivity contribution in [3.05, 3.63) is 42.5 Å². The van der Waals surface area contributed by atoms with Crippen molar-refractivity contribution >= 4 is 28.5 Å². The van der Waals surface area contributed by atoms with Crippen molar-refractivity contribution < 1.29 is 9.15 Å². The van der Waals surface area contributed by atoms with Gasteiger partial charge in [0.15, 0.2) is 5.58 Å². The molecule has 0 bridgehead atoms. The first-order valence-electron chi connectivity index (χ1n) is 5.73. The van der Waals surface area contributed by atoms with Gasteiger partial charge in [0.25, 0.3) is 5.22 Å². The Morgan fingerprint density at radius 3 is 2.63 bits per heavy atom. The van der Waals surface area contributed by atoms with Crippen LogP contribution in [0.4, 0.5) is 5.69 Å². The lowest BCUT2D eigenvalue weighted by Gasteiger charge is -2.00. The van der Waals surface area contributed by atoms with Crippen LogP contribution in [0.1, 0.15) is 0 Å². The molecular weight excluding hydrogens is 260 g/mol. The number of para-hydroxylation sites is 1. The number of hydrogen-bond acceptors (Lipinski definition) is 5. The lowest BCUT2D eigenvalue weighted by Crippen LogP contribution is -1.84. The minimum absolute atomic E-state index is 0.582. The molecule has 0 radical (unpaired) electrons. The highest BCUT2D eigenvalue weighted by molar-refractivity contribution is 7.99. The number of methoxy groups -OCH3 is 1. The van der Waals surface area contributed by atoms with Gasteiger partial charge in [-0.1, -0.05) is 6.07 Å². The largest absolute Gasteiger partial charge is 0.497 e. The Kier molecular flexibility index (Phi) is 3.05. The van der Waals surface area contributed by atoms with Crippen molar-refractivity contribution in [2.24, 2.45) is 0 Å². The highest BCUT2D eigenvalue weighted by Crippen LogP contribution is 2.32. The number of hydrogen-bond donors (Lipinski definition) is 1. The van der Waals surface area contributed by atoms with Crippen LogP contribution in [0.15, 0.2) is 57.0 Å². The second-order valence-electron chi connectivity index (χ2n) is 3.95. The van der Waals surface area contributed by atoms with Crippen molar-refractivity contribution in [3.8, 4) is 5.75 Å². The summed E-state index contributed by atoms with van der Waals surface area (Å²) in [4.78, 5) is 5.42. The molecule has 0 atom stereocenters. The number of rotatable bonds is 3. The minimum Gasteiger partial charge on any atom is -0.497 e. The monoisotopic (exact) mass is 272 g/mol. The van der Waals surface area contributed by atoms with Gasteiger partial charge in [-0.15, -0.1) is 0 Å². The molecule has 0 amide bonds. The molecule has 0 unspecified atom stereocenters. The Balaban J connectivity index is 1.90. The van der Waals surface area contributed by atoms with Gasteiger partial charge in [0, 0.05) is 4.90 Å². The second-order valence-corrected chi connectivity index (χ2v) is 4.98. The molecule has 0 saturated heterocycles. The summed E-state index contributed by atoms with van der Waals surface area (Å²) in [5.41, 5.74) is 7.89. The van der Waals surface area contributed by atoms with Gasteiger partial charge in [-0.05, 0) is 48.2 Å². The fourth-order valence-corrected chi connectivity index (χ4v) is 2.48. The van der Waals surface area contributed by atoms with Gasteiger partial charge in [-0.25, -0.2) is 4.98 Å². The third-order valence-electron chi connectivity index (χ3n) is 2.70. The summed E-state index contributed by atoms with van der Waals surface area (Å²) in [7, 11) is 1.64. The minimum atomic E-state index is 0.582. The summed E-state index contributed by atoms with van der Waals surface area (Å²) in [6.45, 7) is 0. The van der Waals surface area contributed by atoms with E-state index in [2.05, 4.69) is 4.98 Å². The van der Waals surface area contributed by atoms with Gasteiger partial charge >= 0.3 is 0 Å². The van der Waals surface area contributed by atoms with E-state index in [1.165, 1.54) is 11.8 Å². The Morgan fingerprint density at radius 1 is 1.16 bits per heavy atom. The summed E-state index contributed by atoms with van der Waals surface area (Å²) < 4.78 is 10.8. The normalized spacial score (nSPS) is 10.8. The highest BCUT2D eigenvalue weighted by atomic mass is 32.2. The fraction of sp³-hybridized carbons (Fsp3) is 0.0714. The van der Waals surface area contributed by atoms with E-state index in [0.29, 0.717) is 22.0 Å². The van der Waals surface area contributed by atoms with Crippen LogP contribution in [-0.4, -0.2) is 12.1 Å². The maximum absolute atomic E-state index is 5.85. The number of nitrogens with two attached hydrogens (primary N) is 1. The Morgan fingerprint density at radius 2 is 1.95 bits per heavy atom. The van der Waals surface area contributed by atoms with Gasteiger partial charge < -0.3 is 14.9 Å². The molecule has 4 nitrogen and oxygen atoms in total. The standard InChI is InChI=1S/C14H12N2O2S/c1-17-9-5-7-10(8-6-9)19-14-16-13-11(15)3-2-4-12(13)18-14/h2-8H,15H2,1H3. The van der Waals surface area contributed by atoms with E-state index in [0.717, 1.165) is 10.6 Å². The smallest absolute Gasteiger partial charge is 0.261 e. The summed E-state index contributed by atoms with van der Waals surface area (Å²) >= 11 is 1.45. The van der Waals surface area contributed by atoms with Gasteiger partial charge in [0.05, 0.1) is 12.8 Å². The molecule has 5 heteroatoms. The van der Waals surface area contributed by atoms with Crippen molar-refractivity contribution in [3.63, 3.8) is 0 Å². The molecule has 0 spiro atoms. The third kappa shape index (κ3) is 2.37. The maximum atomic E-state index is 5.85. The van der Waals surface area contributed by atoms with E-state index in [4.69, 9.17) is 14.9 Å². The fourth-order valence-electron chi connectivity index (χ4n) is 1.74. The molecule has 2 N–H and O–H groups in total. The van der Waals surface area contributed by atoms with E-state index in [1.807, 2.05) is 42.5 Å². The van der Waals surface area contributed by atoms with Gasteiger partial charge in [0.2, 0.25) is 0 Å². The first-order valence-corrected chi connectivity index (χ1v) is 6.55. The molecule has 0 aliphatic heterocycles. The number of oxazole rings is 1. The average molecular weight is 272 g/mol. The van der Waals surface area contributed by atoms with E-state index in [1.54, 1.807) is 7.11 Å². The molecule has 19 heavy (non-hydrogen) atoms. The lowest BCUT2D eigenvalue weighted by atomic mass is 10.3. The van der Waals surface area contributed by atoms with E-state index < -0.39 is 0 Å². The zero-order valence-corrected chi connectivity index (χ0v) is 11.1. The first-order chi connectivity index (χ1) is 9.26. The molecular formula is C14H12N2O2S. The molecule has 2 aromatic carbocycles. The zero-order chi connectivity index (χ0) is 13.2. The molecule has 3 aromatic rings. The summed E-state index contributed by atoms with van der Waals surface area (Å²) in [5.74, 6) is 0.825. The van der Waals surface area contributed by atoms with Crippen molar-refractivity contribution in [1.82, 2.24) is 4.98 Å². The van der Waals surface area contributed by atoms with Crippen LogP contribution in [0.5, 0.6) is 5.75 Å². The van der Waals surface area contributed by atoms with Gasteiger partial charge in [0.1, 0.15) is 11.3 Å². The highest BCUT2D eigenvalue weighted by Gasteiger charge is 2.09. The Labute approximate surface area is 114 Å². The molecule has 1 heterocycles. The maximum Gasteiger partial charge on any atom is 0.261 e. The van der Waals surface area contributed by atoms with Crippen LogP contribution >= 0.6 is 11.8 Å². The summed E-state index contributed by atoms with van der Waals surface area (Å²) in [6.07, 6.45) is 0. The van der Waals surface area contributed by atoms with Crippen LogP contribution < -0.4 is 10.5 Å². The number of anilines is 1. The lowest BCUT2D eigenvalue weighted by molar-refractivity contribution is 0.414. The predicted octanol–water partition coefficient (Wildman–Crippen LogP) is 3.57. The average Bonchev–Trinajstić information content (AvgIpc) is 2.84. The number of aromatic nitrogens is 1. The van der Waals surface area contributed by atoms with E-state index in [-0.39, 0.29) is 0 Å². The SMILES string of the molecule is COc1ccc(Sc2nc3c(N)cccc3o2)cc1. The predicted molar refractivity (Wildman–Crippen MR) is 75.5 cm³/mol. The summed E-state index contributed by atoms with van der Waals surface area (Å²) in [5, 5.41) is 0.582. The van der Waals surface area contributed by atoms with Gasteiger partial charge in [-0.3, -0.25) is 0 Å². The number of benzene rings is 2. The second kappa shape index (κ2) is 4.85. The molecule has 0 aliphatic carbocycles. The number of ether oxygens (including phenoxy) is 1. The van der Waals surface area contributed by atoms with Gasteiger partial charge in [-0.2, -0.15) is 0 Å². The molecule has 1 aromatic heterocycles. The first kappa shape index (κ1) is 11.9. The third-order valence-corrected chi connectivity index (χ3v) is 3.55. The topological polar surface area (TPSA) is 61.3 Å². The van der Waals surface area contributed by atoms with Crippen LogP contribution in [0.25, 0.3) is 11.1 Å². The number of nitrogen functional groups attached to an aromatic ring is 1. The molecule has 0 saturated carbocycles. The van der Waals surface area contributed by atoms with Crippen LogP contribution in [0.2, 0.25) is 0 Å². The Hall–Kier alpha value is -2.14. The van der Waals surface area contributed by atoms with E-state index in [9.17, 15) is 0 Å². The molecule has 0 aliphatic rings. The number of fused-ring (bicyclic) bond motifs is 1. The van der Waals surface area contributed by atoms with Crippen molar-refractivity contribution in [1.29, 1.82) is 0 Å². The summed E-state index contributed by atoms with van der Waals surface area (Å²) in [6, 6.07) is 13.2. The van der Waals surface area contributed by atoms with E-state index >= 15 is 0 Å².